The van der Waals surface area contributed by atoms with Crippen LogP contribution in [-0.2, 0) is 10.2 Å². The van der Waals surface area contributed by atoms with Gasteiger partial charge in [0, 0.05) is 32.6 Å². The van der Waals surface area contributed by atoms with Crippen molar-refractivity contribution in [3.8, 4) is 0 Å². The third-order valence-electron chi connectivity index (χ3n) is 3.94. The van der Waals surface area contributed by atoms with Gasteiger partial charge in [0.05, 0.1) is 17.8 Å². The van der Waals surface area contributed by atoms with Crippen LogP contribution >= 0.6 is 0 Å². The van der Waals surface area contributed by atoms with Gasteiger partial charge in [0.15, 0.2) is 0 Å². The number of rotatable bonds is 3. The minimum absolute atomic E-state index is 0.144. The number of nitrogens with zero attached hydrogens (tertiary/aromatic N) is 2. The summed E-state index contributed by atoms with van der Waals surface area (Å²) < 4.78 is 0. The molecule has 104 valence electrons. The summed E-state index contributed by atoms with van der Waals surface area (Å²) in [6, 6.07) is 6.29. The molecule has 0 amide bonds. The van der Waals surface area contributed by atoms with Crippen molar-refractivity contribution in [2.45, 2.75) is 25.7 Å². The summed E-state index contributed by atoms with van der Waals surface area (Å²) in [7, 11) is 4.17. The van der Waals surface area contributed by atoms with Crippen molar-refractivity contribution in [1.29, 1.82) is 0 Å². The maximum atomic E-state index is 11.0. The minimum atomic E-state index is -0.756. The summed E-state index contributed by atoms with van der Waals surface area (Å²) in [5.74, 6) is -0.756. The Morgan fingerprint density at radius 3 is 2.37 bits per heavy atom. The van der Waals surface area contributed by atoms with Crippen molar-refractivity contribution in [2.75, 3.05) is 37.0 Å². The smallest absolute Gasteiger partial charge is 0.304 e. The Morgan fingerprint density at radius 2 is 1.79 bits per heavy atom. The highest BCUT2D eigenvalue weighted by Crippen LogP contribution is 2.36. The number of carboxylic acids is 1. The molecule has 1 heterocycles. The SMILES string of the molecule is CN1CCN(C)c2cc(C(C)(C)CC(=O)O)ccc21. The lowest BCUT2D eigenvalue weighted by molar-refractivity contribution is -0.138. The van der Waals surface area contributed by atoms with Crippen LogP contribution in [0, 0.1) is 0 Å². The summed E-state index contributed by atoms with van der Waals surface area (Å²) in [5.41, 5.74) is 3.13. The molecule has 0 unspecified atom stereocenters. The standard InChI is InChI=1S/C15H22N2O2/c1-15(2,10-14(18)19)11-5-6-12-13(9-11)17(4)8-7-16(12)3/h5-6,9H,7-8,10H2,1-4H3,(H,18,19). The van der Waals surface area contributed by atoms with Crippen molar-refractivity contribution >= 4 is 17.3 Å². The summed E-state index contributed by atoms with van der Waals surface area (Å²) in [4.78, 5) is 15.4. The Bertz CT molecular complexity index is 497. The van der Waals surface area contributed by atoms with Crippen molar-refractivity contribution in [1.82, 2.24) is 0 Å². The first kappa shape index (κ1) is 13.7. The molecular formula is C15H22N2O2. The van der Waals surface area contributed by atoms with Gasteiger partial charge in [0.2, 0.25) is 0 Å². The normalized spacial score (nSPS) is 15.4. The first-order chi connectivity index (χ1) is 8.81. The third kappa shape index (κ3) is 2.67. The fraction of sp³-hybridized carbons (Fsp3) is 0.533. The largest absolute Gasteiger partial charge is 0.481 e. The Labute approximate surface area is 114 Å². The summed E-state index contributed by atoms with van der Waals surface area (Å²) in [6.07, 6.45) is 0.144. The maximum absolute atomic E-state index is 11.0. The van der Waals surface area contributed by atoms with E-state index >= 15 is 0 Å². The van der Waals surface area contributed by atoms with Gasteiger partial charge in [0.25, 0.3) is 0 Å². The molecular weight excluding hydrogens is 240 g/mol. The van der Waals surface area contributed by atoms with Crippen LogP contribution in [0.5, 0.6) is 0 Å². The van der Waals surface area contributed by atoms with Gasteiger partial charge in [-0.25, -0.2) is 0 Å². The molecule has 2 rings (SSSR count). The molecule has 0 spiro atoms. The minimum Gasteiger partial charge on any atom is -0.481 e. The molecule has 4 heteroatoms. The van der Waals surface area contributed by atoms with Gasteiger partial charge >= 0.3 is 5.97 Å². The van der Waals surface area contributed by atoms with Gasteiger partial charge in [0.1, 0.15) is 0 Å². The quantitative estimate of drug-likeness (QED) is 0.908. The average molecular weight is 262 g/mol. The second-order valence-electron chi connectivity index (χ2n) is 6.00. The Balaban J connectivity index is 2.40. The molecule has 1 aliphatic heterocycles. The summed E-state index contributed by atoms with van der Waals surface area (Å²) >= 11 is 0. The number of likely N-dealkylation sites (N-methyl/N-ethyl adjacent to an activating group) is 2. The van der Waals surface area contributed by atoms with Crippen LogP contribution in [0.2, 0.25) is 0 Å². The van der Waals surface area contributed by atoms with Crippen molar-refractivity contribution < 1.29 is 9.90 Å². The molecule has 0 radical (unpaired) electrons. The first-order valence-corrected chi connectivity index (χ1v) is 6.60. The van der Waals surface area contributed by atoms with Crippen LogP contribution in [0.25, 0.3) is 0 Å². The van der Waals surface area contributed by atoms with E-state index in [-0.39, 0.29) is 11.8 Å². The van der Waals surface area contributed by atoms with E-state index in [1.165, 1.54) is 11.4 Å². The van der Waals surface area contributed by atoms with Crippen molar-refractivity contribution in [3.63, 3.8) is 0 Å². The second-order valence-corrected chi connectivity index (χ2v) is 6.00. The highest BCUT2D eigenvalue weighted by Gasteiger charge is 2.26. The molecule has 0 atom stereocenters. The van der Waals surface area contributed by atoms with Gasteiger partial charge in [-0.05, 0) is 17.7 Å². The van der Waals surface area contributed by atoms with Crippen LogP contribution in [0.3, 0.4) is 0 Å². The second kappa shape index (κ2) is 4.76. The number of hydrogen-bond donors (Lipinski definition) is 1. The molecule has 0 aliphatic carbocycles. The van der Waals surface area contributed by atoms with Crippen molar-refractivity contribution in [2.24, 2.45) is 0 Å². The summed E-state index contributed by atoms with van der Waals surface area (Å²) in [5, 5.41) is 9.02. The van der Waals surface area contributed by atoms with E-state index in [1.54, 1.807) is 0 Å². The molecule has 4 nitrogen and oxygen atoms in total. The van der Waals surface area contributed by atoms with E-state index in [0.29, 0.717) is 0 Å². The van der Waals surface area contributed by atoms with Gasteiger partial charge in [-0.15, -0.1) is 0 Å². The number of benzene rings is 1. The predicted molar refractivity (Wildman–Crippen MR) is 78.3 cm³/mol. The Kier molecular flexibility index (Phi) is 3.43. The zero-order chi connectivity index (χ0) is 14.2. The van der Waals surface area contributed by atoms with E-state index < -0.39 is 5.97 Å². The monoisotopic (exact) mass is 262 g/mol. The van der Waals surface area contributed by atoms with Gasteiger partial charge < -0.3 is 14.9 Å². The van der Waals surface area contributed by atoms with Crippen molar-refractivity contribution in [3.05, 3.63) is 23.8 Å². The highest BCUT2D eigenvalue weighted by atomic mass is 16.4. The fourth-order valence-corrected chi connectivity index (χ4v) is 2.59. The van der Waals surface area contributed by atoms with Crippen LogP contribution < -0.4 is 9.80 Å². The number of carboxylic acid groups (broad SMARTS) is 1. The van der Waals surface area contributed by atoms with Crippen LogP contribution in [0.4, 0.5) is 11.4 Å². The number of carbonyl (C=O) groups is 1. The van der Waals surface area contributed by atoms with E-state index in [2.05, 4.69) is 42.1 Å². The zero-order valence-corrected chi connectivity index (χ0v) is 12.1. The lowest BCUT2D eigenvalue weighted by Crippen LogP contribution is -2.37. The third-order valence-corrected chi connectivity index (χ3v) is 3.94. The van der Waals surface area contributed by atoms with E-state index in [0.717, 1.165) is 18.7 Å². The number of fused-ring (bicyclic) bond motifs is 1. The number of aliphatic carboxylic acids is 1. The molecule has 1 aromatic carbocycles. The van der Waals surface area contributed by atoms with Gasteiger partial charge in [-0.1, -0.05) is 19.9 Å². The van der Waals surface area contributed by atoms with Crippen LogP contribution in [-0.4, -0.2) is 38.3 Å². The molecule has 1 N–H and O–H groups in total. The Hall–Kier alpha value is -1.71. The highest BCUT2D eigenvalue weighted by molar-refractivity contribution is 5.75. The van der Waals surface area contributed by atoms with E-state index in [4.69, 9.17) is 5.11 Å². The van der Waals surface area contributed by atoms with Gasteiger partial charge in [-0.3, -0.25) is 4.79 Å². The Morgan fingerprint density at radius 1 is 1.21 bits per heavy atom. The molecule has 0 bridgehead atoms. The maximum Gasteiger partial charge on any atom is 0.304 e. The molecule has 1 aliphatic rings. The van der Waals surface area contributed by atoms with E-state index in [9.17, 15) is 4.79 Å². The molecule has 1 aromatic rings. The van der Waals surface area contributed by atoms with Gasteiger partial charge in [-0.2, -0.15) is 0 Å². The zero-order valence-electron chi connectivity index (χ0n) is 12.1. The van der Waals surface area contributed by atoms with Crippen LogP contribution in [0.1, 0.15) is 25.8 Å². The molecule has 0 saturated heterocycles. The first-order valence-electron chi connectivity index (χ1n) is 6.60. The molecule has 0 saturated carbocycles. The van der Waals surface area contributed by atoms with Crippen LogP contribution in [0.15, 0.2) is 18.2 Å². The predicted octanol–water partition coefficient (Wildman–Crippen LogP) is 2.32. The number of hydrogen-bond acceptors (Lipinski definition) is 3. The number of anilines is 2. The van der Waals surface area contributed by atoms with E-state index in [1.807, 2.05) is 13.8 Å². The fourth-order valence-electron chi connectivity index (χ4n) is 2.59. The average Bonchev–Trinajstić information content (AvgIpc) is 2.32. The molecule has 19 heavy (non-hydrogen) atoms. The molecule has 0 aromatic heterocycles. The lowest BCUT2D eigenvalue weighted by Gasteiger charge is -2.36. The summed E-state index contributed by atoms with van der Waals surface area (Å²) in [6.45, 7) is 5.97. The molecule has 0 fully saturated rings. The topological polar surface area (TPSA) is 43.8 Å². The lowest BCUT2D eigenvalue weighted by atomic mass is 9.81.